The Labute approximate surface area is 171 Å². The Morgan fingerprint density at radius 2 is 1.72 bits per heavy atom. The van der Waals surface area contributed by atoms with Crippen LogP contribution >= 0.6 is 0 Å². The Morgan fingerprint density at radius 1 is 1.03 bits per heavy atom. The SMILES string of the molecule is COc1ccc(C2(CNC(=O)C(=O)Nc3cc(C)ccc3C)CCOCC2)cc1. The van der Waals surface area contributed by atoms with Crippen molar-refractivity contribution in [1.29, 1.82) is 0 Å². The van der Waals surface area contributed by atoms with Crippen LogP contribution in [0.5, 0.6) is 5.75 Å². The first-order chi connectivity index (χ1) is 13.9. The quantitative estimate of drug-likeness (QED) is 0.762. The lowest BCUT2D eigenvalue weighted by Gasteiger charge is -2.38. The molecule has 0 saturated carbocycles. The maximum absolute atomic E-state index is 12.5. The zero-order valence-electron chi connectivity index (χ0n) is 17.2. The van der Waals surface area contributed by atoms with Crippen LogP contribution in [0, 0.1) is 13.8 Å². The summed E-state index contributed by atoms with van der Waals surface area (Å²) < 4.78 is 10.8. The van der Waals surface area contributed by atoms with Gasteiger partial charge in [0.25, 0.3) is 0 Å². The van der Waals surface area contributed by atoms with Crippen molar-refractivity contribution in [3.63, 3.8) is 0 Å². The number of ether oxygens (including phenoxy) is 2. The molecule has 0 aromatic heterocycles. The number of hydrogen-bond acceptors (Lipinski definition) is 4. The molecule has 0 bridgehead atoms. The molecule has 1 aliphatic heterocycles. The van der Waals surface area contributed by atoms with E-state index in [1.807, 2.05) is 56.3 Å². The fourth-order valence-corrected chi connectivity index (χ4v) is 3.65. The van der Waals surface area contributed by atoms with Crippen LogP contribution in [-0.2, 0) is 19.7 Å². The molecule has 154 valence electrons. The van der Waals surface area contributed by atoms with Gasteiger partial charge in [0.1, 0.15) is 5.75 Å². The lowest BCUT2D eigenvalue weighted by atomic mass is 9.74. The van der Waals surface area contributed by atoms with Gasteiger partial charge >= 0.3 is 11.8 Å². The van der Waals surface area contributed by atoms with Crippen molar-refractivity contribution in [3.05, 3.63) is 59.2 Å². The summed E-state index contributed by atoms with van der Waals surface area (Å²) in [6, 6.07) is 13.6. The van der Waals surface area contributed by atoms with Gasteiger partial charge < -0.3 is 20.1 Å². The van der Waals surface area contributed by atoms with Gasteiger partial charge in [0.15, 0.2) is 0 Å². The fourth-order valence-electron chi connectivity index (χ4n) is 3.65. The van der Waals surface area contributed by atoms with Crippen LogP contribution in [0.25, 0.3) is 0 Å². The predicted octanol–water partition coefficient (Wildman–Crippen LogP) is 3.12. The standard InChI is InChI=1S/C23H28N2O4/c1-16-4-5-17(2)20(14-16)25-22(27)21(26)24-15-23(10-12-29-13-11-23)18-6-8-19(28-3)9-7-18/h4-9,14H,10-13,15H2,1-3H3,(H,24,26)(H,25,27). The second kappa shape index (κ2) is 9.09. The number of hydrogen-bond donors (Lipinski definition) is 2. The third kappa shape index (κ3) is 4.95. The Balaban J connectivity index is 1.69. The molecule has 0 radical (unpaired) electrons. The smallest absolute Gasteiger partial charge is 0.313 e. The van der Waals surface area contributed by atoms with Crippen molar-refractivity contribution in [3.8, 4) is 5.75 Å². The summed E-state index contributed by atoms with van der Waals surface area (Å²) in [5.74, 6) is -0.506. The summed E-state index contributed by atoms with van der Waals surface area (Å²) in [4.78, 5) is 24.9. The van der Waals surface area contributed by atoms with Gasteiger partial charge in [-0.15, -0.1) is 0 Å². The predicted molar refractivity (Wildman–Crippen MR) is 112 cm³/mol. The fraction of sp³-hybridized carbons (Fsp3) is 0.391. The summed E-state index contributed by atoms with van der Waals surface area (Å²) in [6.45, 7) is 5.46. The molecular formula is C23H28N2O4. The Bertz CT molecular complexity index is 871. The molecule has 6 heteroatoms. The lowest BCUT2D eigenvalue weighted by molar-refractivity contribution is -0.136. The van der Waals surface area contributed by atoms with Crippen LogP contribution in [0.4, 0.5) is 5.69 Å². The van der Waals surface area contributed by atoms with Gasteiger partial charge in [0.05, 0.1) is 7.11 Å². The molecular weight excluding hydrogens is 368 g/mol. The van der Waals surface area contributed by atoms with E-state index in [9.17, 15) is 9.59 Å². The number of amides is 2. The molecule has 6 nitrogen and oxygen atoms in total. The molecule has 2 aromatic carbocycles. The van der Waals surface area contributed by atoms with E-state index in [4.69, 9.17) is 9.47 Å². The maximum atomic E-state index is 12.5. The Morgan fingerprint density at radius 3 is 2.38 bits per heavy atom. The Hall–Kier alpha value is -2.86. The van der Waals surface area contributed by atoms with Crippen LogP contribution in [0.2, 0.25) is 0 Å². The monoisotopic (exact) mass is 396 g/mol. The molecule has 0 unspecified atom stereocenters. The number of aryl methyl sites for hydroxylation is 2. The van der Waals surface area contributed by atoms with Gasteiger partial charge in [-0.25, -0.2) is 0 Å². The molecule has 0 spiro atoms. The van der Waals surface area contributed by atoms with Crippen molar-refractivity contribution in [1.82, 2.24) is 5.32 Å². The van der Waals surface area contributed by atoms with E-state index < -0.39 is 11.8 Å². The average Bonchev–Trinajstić information content (AvgIpc) is 2.75. The van der Waals surface area contributed by atoms with Crippen LogP contribution < -0.4 is 15.4 Å². The van der Waals surface area contributed by atoms with Gasteiger partial charge in [-0.05, 0) is 61.6 Å². The summed E-state index contributed by atoms with van der Waals surface area (Å²) in [7, 11) is 1.63. The van der Waals surface area contributed by atoms with Crippen LogP contribution in [0.15, 0.2) is 42.5 Å². The molecule has 1 fully saturated rings. The van der Waals surface area contributed by atoms with E-state index in [0.29, 0.717) is 25.4 Å². The van der Waals surface area contributed by atoms with E-state index in [1.54, 1.807) is 7.11 Å². The molecule has 2 N–H and O–H groups in total. The van der Waals surface area contributed by atoms with Crippen molar-refractivity contribution in [2.45, 2.75) is 32.1 Å². The van der Waals surface area contributed by atoms with Crippen LogP contribution in [0.1, 0.15) is 29.5 Å². The summed E-state index contributed by atoms with van der Waals surface area (Å²) in [5.41, 5.74) is 3.43. The van der Waals surface area contributed by atoms with E-state index in [0.717, 1.165) is 35.3 Å². The topological polar surface area (TPSA) is 76.7 Å². The molecule has 3 rings (SSSR count). The number of benzene rings is 2. The van der Waals surface area contributed by atoms with Crippen molar-refractivity contribution >= 4 is 17.5 Å². The van der Waals surface area contributed by atoms with Crippen molar-refractivity contribution in [2.24, 2.45) is 0 Å². The molecule has 2 aromatic rings. The van der Waals surface area contributed by atoms with E-state index in [-0.39, 0.29) is 5.41 Å². The maximum Gasteiger partial charge on any atom is 0.313 e. The second-order valence-electron chi connectivity index (χ2n) is 7.58. The van der Waals surface area contributed by atoms with Gasteiger partial charge in [-0.1, -0.05) is 24.3 Å². The summed E-state index contributed by atoms with van der Waals surface area (Å²) in [6.07, 6.45) is 1.55. The van der Waals surface area contributed by atoms with Crippen molar-refractivity contribution < 1.29 is 19.1 Å². The first-order valence-corrected chi connectivity index (χ1v) is 9.82. The molecule has 2 amide bonds. The second-order valence-corrected chi connectivity index (χ2v) is 7.58. The normalized spacial score (nSPS) is 15.4. The minimum atomic E-state index is -0.657. The van der Waals surface area contributed by atoms with Gasteiger partial charge in [-0.2, -0.15) is 0 Å². The van der Waals surface area contributed by atoms with E-state index in [2.05, 4.69) is 10.6 Å². The van der Waals surface area contributed by atoms with Gasteiger partial charge in [-0.3, -0.25) is 9.59 Å². The summed E-state index contributed by atoms with van der Waals surface area (Å²) >= 11 is 0. The molecule has 0 aliphatic carbocycles. The highest BCUT2D eigenvalue weighted by atomic mass is 16.5. The first-order valence-electron chi connectivity index (χ1n) is 9.82. The van der Waals surface area contributed by atoms with Crippen LogP contribution in [-0.4, -0.2) is 38.7 Å². The molecule has 1 saturated heterocycles. The lowest BCUT2D eigenvalue weighted by Crippen LogP contribution is -2.47. The number of methoxy groups -OCH3 is 1. The van der Waals surface area contributed by atoms with Gasteiger partial charge in [0, 0.05) is 30.9 Å². The van der Waals surface area contributed by atoms with Gasteiger partial charge in [0.2, 0.25) is 0 Å². The van der Waals surface area contributed by atoms with E-state index >= 15 is 0 Å². The number of carbonyl (C=O) groups is 2. The summed E-state index contributed by atoms with van der Waals surface area (Å²) in [5, 5.41) is 5.55. The number of carbonyl (C=O) groups excluding carboxylic acids is 2. The van der Waals surface area contributed by atoms with E-state index in [1.165, 1.54) is 0 Å². The van der Waals surface area contributed by atoms with Crippen LogP contribution in [0.3, 0.4) is 0 Å². The molecule has 29 heavy (non-hydrogen) atoms. The minimum Gasteiger partial charge on any atom is -0.497 e. The van der Waals surface area contributed by atoms with Crippen molar-refractivity contribution in [2.75, 3.05) is 32.2 Å². The number of rotatable bonds is 5. The number of anilines is 1. The highest BCUT2D eigenvalue weighted by Gasteiger charge is 2.35. The Kier molecular flexibility index (Phi) is 6.54. The highest BCUT2D eigenvalue weighted by Crippen LogP contribution is 2.35. The zero-order valence-corrected chi connectivity index (χ0v) is 17.2. The molecule has 0 atom stereocenters. The molecule has 1 aliphatic rings. The minimum absolute atomic E-state index is 0.264. The zero-order chi connectivity index (χ0) is 20.9. The average molecular weight is 396 g/mol. The largest absolute Gasteiger partial charge is 0.497 e. The first kappa shape index (κ1) is 20.9. The highest BCUT2D eigenvalue weighted by molar-refractivity contribution is 6.39. The third-order valence-corrected chi connectivity index (χ3v) is 5.59. The third-order valence-electron chi connectivity index (χ3n) is 5.59. The number of nitrogens with one attached hydrogen (secondary N) is 2. The molecule has 1 heterocycles.